The molecule has 0 heterocycles. The number of carbonyl (C=O) groups is 2. The lowest BCUT2D eigenvalue weighted by molar-refractivity contribution is 0.0252. The second-order valence-electron chi connectivity index (χ2n) is 9.63. The van der Waals surface area contributed by atoms with Gasteiger partial charge in [0.05, 0.1) is 31.5 Å². The second kappa shape index (κ2) is 13.2. The van der Waals surface area contributed by atoms with Gasteiger partial charge < -0.3 is 18.9 Å². The summed E-state index contributed by atoms with van der Waals surface area (Å²) in [5.41, 5.74) is 3.34. The summed E-state index contributed by atoms with van der Waals surface area (Å²) >= 11 is 0. The molecule has 0 radical (unpaired) electrons. The van der Waals surface area contributed by atoms with Gasteiger partial charge in [-0.15, -0.1) is 0 Å². The molecule has 0 saturated heterocycles. The van der Waals surface area contributed by atoms with Crippen molar-refractivity contribution in [3.05, 3.63) is 83.2 Å². The molecule has 1 N–H and O–H groups in total. The third kappa shape index (κ3) is 7.89. The molecular weight excluding hydrogens is 529 g/mol. The molecule has 0 bridgehead atoms. The third-order valence-corrected chi connectivity index (χ3v) is 5.51. The number of halogens is 3. The van der Waals surface area contributed by atoms with Gasteiger partial charge in [-0.2, -0.15) is 0 Å². The summed E-state index contributed by atoms with van der Waals surface area (Å²) in [5.74, 6) is -3.59. The highest BCUT2D eigenvalue weighted by Gasteiger charge is 2.25. The first kappa shape index (κ1) is 30.3. The fourth-order valence-corrected chi connectivity index (χ4v) is 3.60. The maximum absolute atomic E-state index is 14.2. The Labute approximate surface area is 230 Å². The average Bonchev–Trinajstić information content (AvgIpc) is 2.91. The zero-order valence-corrected chi connectivity index (χ0v) is 22.8. The fraction of sp³-hybridized carbons (Fsp3) is 0.310. The molecule has 214 valence electrons. The summed E-state index contributed by atoms with van der Waals surface area (Å²) in [6.45, 7) is 5.43. The number of nitrogens with zero attached hydrogens (tertiary/aromatic N) is 1. The summed E-state index contributed by atoms with van der Waals surface area (Å²) in [5, 5.41) is 1.19. The highest BCUT2D eigenvalue weighted by atomic mass is 19.2. The number of amides is 1. The fourth-order valence-electron chi connectivity index (χ4n) is 3.60. The van der Waals surface area contributed by atoms with Gasteiger partial charge in [0.15, 0.2) is 11.6 Å². The number of hydrogen-bond donors (Lipinski definition) is 1. The van der Waals surface area contributed by atoms with Gasteiger partial charge in [0.25, 0.3) is 0 Å². The molecule has 3 aromatic rings. The van der Waals surface area contributed by atoms with Crippen molar-refractivity contribution in [3.8, 4) is 16.9 Å². The van der Waals surface area contributed by atoms with E-state index in [1.54, 1.807) is 45.0 Å². The third-order valence-electron chi connectivity index (χ3n) is 5.51. The minimum absolute atomic E-state index is 0.0432. The minimum Gasteiger partial charge on any atom is -0.489 e. The van der Waals surface area contributed by atoms with E-state index in [0.717, 1.165) is 6.07 Å². The Morgan fingerprint density at radius 3 is 2.23 bits per heavy atom. The Morgan fingerprint density at radius 1 is 0.925 bits per heavy atom. The van der Waals surface area contributed by atoms with Gasteiger partial charge in [-0.25, -0.2) is 27.8 Å². The SMILES string of the molecule is COCCN(Nc1c(COc2ccc(-c3cc(F)c(F)cc3F)cc2)cccc1C(=O)OC)C(=O)OC(C)(C)C. The number of para-hydroxylation sites is 1. The highest BCUT2D eigenvalue weighted by molar-refractivity contribution is 5.96. The topological polar surface area (TPSA) is 86.3 Å². The molecule has 3 rings (SSSR count). The maximum Gasteiger partial charge on any atom is 0.429 e. The van der Waals surface area contributed by atoms with Crippen molar-refractivity contribution in [1.29, 1.82) is 0 Å². The standard InChI is InChI=1S/C29H31F3N2O6/c1-29(2,3)40-28(36)34(13-14-37-4)33-26-19(7-6-8-21(26)27(35)38-5)17-39-20-11-9-18(10-12-20)22-15-24(31)25(32)16-23(22)30/h6-12,15-16,33H,13-14,17H2,1-5H3. The number of esters is 1. The normalized spacial score (nSPS) is 11.1. The maximum atomic E-state index is 14.2. The number of rotatable bonds is 10. The number of nitrogens with one attached hydrogen (secondary N) is 1. The van der Waals surface area contributed by atoms with Crippen LogP contribution in [-0.4, -0.2) is 50.0 Å². The van der Waals surface area contributed by atoms with Crippen LogP contribution in [0.2, 0.25) is 0 Å². The zero-order valence-electron chi connectivity index (χ0n) is 22.8. The molecule has 40 heavy (non-hydrogen) atoms. The highest BCUT2D eigenvalue weighted by Crippen LogP contribution is 2.29. The van der Waals surface area contributed by atoms with E-state index in [0.29, 0.717) is 22.9 Å². The lowest BCUT2D eigenvalue weighted by Gasteiger charge is -2.29. The molecule has 0 saturated carbocycles. The van der Waals surface area contributed by atoms with Gasteiger partial charge in [-0.1, -0.05) is 24.3 Å². The van der Waals surface area contributed by atoms with Crippen LogP contribution in [-0.2, 0) is 20.8 Å². The Balaban J connectivity index is 1.87. The number of benzene rings is 3. The second-order valence-corrected chi connectivity index (χ2v) is 9.63. The van der Waals surface area contributed by atoms with Crippen LogP contribution in [0.25, 0.3) is 11.1 Å². The van der Waals surface area contributed by atoms with E-state index >= 15 is 0 Å². The molecule has 0 aliphatic carbocycles. The van der Waals surface area contributed by atoms with Crippen molar-refractivity contribution in [3.63, 3.8) is 0 Å². The Kier molecular flexibility index (Phi) is 10.0. The van der Waals surface area contributed by atoms with Gasteiger partial charge in [0.2, 0.25) is 0 Å². The number of anilines is 1. The monoisotopic (exact) mass is 560 g/mol. The molecule has 3 aromatic carbocycles. The van der Waals surface area contributed by atoms with Crippen molar-refractivity contribution in [2.45, 2.75) is 33.0 Å². The molecule has 0 atom stereocenters. The van der Waals surface area contributed by atoms with Crippen molar-refractivity contribution >= 4 is 17.7 Å². The van der Waals surface area contributed by atoms with Crippen molar-refractivity contribution < 1.29 is 41.7 Å². The van der Waals surface area contributed by atoms with Gasteiger partial charge in [-0.05, 0) is 50.6 Å². The minimum atomic E-state index is -1.27. The van der Waals surface area contributed by atoms with Crippen molar-refractivity contribution in [2.24, 2.45) is 0 Å². The lowest BCUT2D eigenvalue weighted by Crippen LogP contribution is -2.42. The first-order chi connectivity index (χ1) is 18.9. The lowest BCUT2D eigenvalue weighted by atomic mass is 10.0. The molecule has 0 aromatic heterocycles. The Bertz CT molecular complexity index is 1340. The zero-order chi connectivity index (χ0) is 29.4. The molecule has 8 nitrogen and oxygen atoms in total. The summed E-state index contributed by atoms with van der Waals surface area (Å²) in [7, 11) is 2.73. The van der Waals surface area contributed by atoms with E-state index in [4.69, 9.17) is 18.9 Å². The number of methoxy groups -OCH3 is 2. The summed E-state index contributed by atoms with van der Waals surface area (Å²) in [4.78, 5) is 25.4. The first-order valence-corrected chi connectivity index (χ1v) is 12.3. The number of hydrogen-bond acceptors (Lipinski definition) is 7. The van der Waals surface area contributed by atoms with E-state index in [1.165, 1.54) is 37.4 Å². The summed E-state index contributed by atoms with van der Waals surface area (Å²) < 4.78 is 62.5. The van der Waals surface area contributed by atoms with Gasteiger partial charge in [0.1, 0.15) is 23.8 Å². The largest absolute Gasteiger partial charge is 0.489 e. The van der Waals surface area contributed by atoms with Crippen LogP contribution in [0.1, 0.15) is 36.7 Å². The van der Waals surface area contributed by atoms with Crippen LogP contribution in [0.3, 0.4) is 0 Å². The van der Waals surface area contributed by atoms with E-state index in [2.05, 4.69) is 5.43 Å². The van der Waals surface area contributed by atoms with Crippen LogP contribution in [0, 0.1) is 17.5 Å². The quantitative estimate of drug-likeness (QED) is 0.176. The number of hydrazine groups is 1. The predicted octanol–water partition coefficient (Wildman–Crippen LogP) is 6.35. The van der Waals surface area contributed by atoms with Gasteiger partial charge >= 0.3 is 12.1 Å². The van der Waals surface area contributed by atoms with E-state index < -0.39 is 35.1 Å². The molecule has 0 aliphatic rings. The smallest absolute Gasteiger partial charge is 0.429 e. The van der Waals surface area contributed by atoms with E-state index in [1.807, 2.05) is 0 Å². The molecule has 1 amide bonds. The van der Waals surface area contributed by atoms with Crippen LogP contribution in [0.15, 0.2) is 54.6 Å². The van der Waals surface area contributed by atoms with E-state index in [9.17, 15) is 22.8 Å². The number of carbonyl (C=O) groups excluding carboxylic acids is 2. The molecular formula is C29H31F3N2O6. The molecule has 0 unspecified atom stereocenters. The molecule has 11 heteroatoms. The molecule has 0 fully saturated rings. The predicted molar refractivity (Wildman–Crippen MR) is 142 cm³/mol. The summed E-state index contributed by atoms with van der Waals surface area (Å²) in [6, 6.07) is 12.2. The number of ether oxygens (including phenoxy) is 4. The molecule has 0 aliphatic heterocycles. The van der Waals surface area contributed by atoms with Crippen LogP contribution < -0.4 is 10.2 Å². The van der Waals surface area contributed by atoms with E-state index in [-0.39, 0.29) is 36.6 Å². The van der Waals surface area contributed by atoms with Crippen LogP contribution in [0.5, 0.6) is 5.75 Å². The first-order valence-electron chi connectivity index (χ1n) is 12.3. The Hall–Kier alpha value is -4.25. The van der Waals surface area contributed by atoms with Crippen LogP contribution in [0.4, 0.5) is 23.7 Å². The van der Waals surface area contributed by atoms with Gasteiger partial charge in [-0.3, -0.25) is 5.43 Å². The van der Waals surface area contributed by atoms with Crippen molar-refractivity contribution in [1.82, 2.24) is 5.01 Å². The van der Waals surface area contributed by atoms with Crippen molar-refractivity contribution in [2.75, 3.05) is 32.8 Å². The Morgan fingerprint density at radius 2 is 1.60 bits per heavy atom. The average molecular weight is 561 g/mol. The van der Waals surface area contributed by atoms with Crippen LogP contribution >= 0.6 is 0 Å². The van der Waals surface area contributed by atoms with Gasteiger partial charge in [0, 0.05) is 24.3 Å². The molecule has 0 spiro atoms. The summed E-state index contributed by atoms with van der Waals surface area (Å²) in [6.07, 6.45) is -0.684.